The third-order valence-electron chi connectivity index (χ3n) is 0.404. The third-order valence-corrected chi connectivity index (χ3v) is 2.10. The van der Waals surface area contributed by atoms with Gasteiger partial charge in [-0.1, -0.05) is 0 Å². The number of nitrogens with one attached hydrogen (secondary N) is 1. The van der Waals surface area contributed by atoms with Crippen LogP contribution in [0.2, 0.25) is 0 Å². The summed E-state index contributed by atoms with van der Waals surface area (Å²) < 4.78 is 7.76. The summed E-state index contributed by atoms with van der Waals surface area (Å²) in [6.07, 6.45) is 0. The van der Waals surface area contributed by atoms with Crippen molar-refractivity contribution in [1.29, 1.82) is 0 Å². The molecule has 1 N–H and O–H groups in total. The van der Waals surface area contributed by atoms with E-state index in [1.54, 1.807) is 0 Å². The Kier molecular flexibility index (Phi) is 1.42. The number of rotatable bonds is 0. The molecule has 1 rings (SSSR count). The van der Waals surface area contributed by atoms with E-state index in [4.69, 9.17) is 16.0 Å². The monoisotopic (exact) mass is 169 g/mol. The molecule has 0 spiro atoms. The minimum atomic E-state index is 0.150. The Bertz CT molecular complexity index is 67.9. The van der Waals surface area contributed by atoms with Crippen LogP contribution < -0.4 is 4.33 Å². The molecular weight excluding hydrogens is 165 g/mol. The maximum atomic E-state index is 4.87. The van der Waals surface area contributed by atoms with Gasteiger partial charge in [-0.3, -0.25) is 0 Å². The van der Waals surface area contributed by atoms with E-state index in [0.717, 1.165) is 4.99 Å². The van der Waals surface area contributed by atoms with Crippen molar-refractivity contribution >= 4 is 32.7 Å². The fraction of sp³-hybridized carbons (Fsp3) is 0.500. The van der Waals surface area contributed by atoms with Gasteiger partial charge in [-0.25, -0.2) is 0 Å². The molecule has 0 aromatic heterocycles. The van der Waals surface area contributed by atoms with Crippen LogP contribution in [0.25, 0.3) is 0 Å². The summed E-state index contributed by atoms with van der Waals surface area (Å²) in [5, 5.41) is 0. The van der Waals surface area contributed by atoms with Crippen molar-refractivity contribution in [2.24, 2.45) is 0 Å². The van der Waals surface area contributed by atoms with Crippen LogP contribution in [0.3, 0.4) is 0 Å². The first-order valence-corrected chi connectivity index (χ1v) is 3.43. The first-order valence-electron chi connectivity index (χ1n) is 1.47. The first-order chi connectivity index (χ1) is 2.89. The van der Waals surface area contributed by atoms with Crippen LogP contribution in [0.4, 0.5) is 0 Å². The van der Waals surface area contributed by atoms with Gasteiger partial charge in [-0.2, -0.15) is 0 Å². The zero-order valence-corrected chi connectivity index (χ0v) is 5.46. The van der Waals surface area contributed by atoms with Crippen molar-refractivity contribution in [3.63, 3.8) is 0 Å². The van der Waals surface area contributed by atoms with E-state index in [1.165, 1.54) is 0 Å². The van der Waals surface area contributed by atoms with E-state index < -0.39 is 0 Å². The molecule has 0 amide bonds. The van der Waals surface area contributed by atoms with Crippen LogP contribution in [-0.2, 0) is 3.82 Å². The normalized spacial score (nSPS) is 21.0. The van der Waals surface area contributed by atoms with Crippen LogP contribution in [0.15, 0.2) is 0 Å². The third kappa shape index (κ3) is 0.913. The van der Waals surface area contributed by atoms with Gasteiger partial charge in [0.15, 0.2) is 0 Å². The van der Waals surface area contributed by atoms with Gasteiger partial charge in [0, 0.05) is 0 Å². The Labute approximate surface area is 47.9 Å². The predicted molar refractivity (Wildman–Crippen MR) is 27.4 cm³/mol. The minimum absolute atomic E-state index is 0.150. The first kappa shape index (κ1) is 4.53. The Balaban J connectivity index is 2.37. The zero-order valence-electron chi connectivity index (χ0n) is 2.93. The fourth-order valence-corrected chi connectivity index (χ4v) is 1.41. The average molecular weight is 168 g/mol. The molecule has 0 unspecified atom stereocenters. The van der Waals surface area contributed by atoms with E-state index in [-0.39, 0.29) is 15.5 Å². The predicted octanol–water partition coefficient (Wildman–Crippen LogP) is -0.532. The van der Waals surface area contributed by atoms with E-state index >= 15 is 0 Å². The molecule has 34 valence electrons. The average Bonchev–Trinajstić information content (AvgIpc) is 1.86. The molecule has 1 saturated heterocycles. The van der Waals surface area contributed by atoms with Gasteiger partial charge < -0.3 is 0 Å². The number of hydrogen-bond donors (Lipinski definition) is 1. The molecule has 1 aliphatic heterocycles. The summed E-state index contributed by atoms with van der Waals surface area (Å²) in [6, 6.07) is 0. The molecular formula is C2H3NOSSe. The molecule has 0 aromatic carbocycles. The van der Waals surface area contributed by atoms with Crippen LogP contribution in [0, 0.1) is 0 Å². The number of hydrogen-bond acceptors (Lipinski definition) is 2. The van der Waals surface area contributed by atoms with Gasteiger partial charge >= 0.3 is 47.5 Å². The molecule has 0 radical (unpaired) electrons. The van der Waals surface area contributed by atoms with E-state index in [2.05, 4.69) is 4.33 Å². The van der Waals surface area contributed by atoms with Gasteiger partial charge in [-0.05, 0) is 0 Å². The zero-order chi connectivity index (χ0) is 4.41. The summed E-state index contributed by atoms with van der Waals surface area (Å²) in [4.78, 5) is 0.843. The quantitative estimate of drug-likeness (QED) is 0.388. The molecule has 0 saturated carbocycles. The van der Waals surface area contributed by atoms with Gasteiger partial charge in [0.25, 0.3) is 0 Å². The van der Waals surface area contributed by atoms with Crippen molar-refractivity contribution in [2.45, 2.75) is 0 Å². The maximum absolute atomic E-state index is 4.87. The second kappa shape index (κ2) is 1.89. The van der Waals surface area contributed by atoms with Gasteiger partial charge in [0.2, 0.25) is 0 Å². The van der Waals surface area contributed by atoms with Crippen LogP contribution in [0.1, 0.15) is 0 Å². The van der Waals surface area contributed by atoms with Gasteiger partial charge in [-0.15, -0.1) is 0 Å². The van der Waals surface area contributed by atoms with Gasteiger partial charge in [0.1, 0.15) is 0 Å². The van der Waals surface area contributed by atoms with Crippen LogP contribution in [-0.4, -0.2) is 27.1 Å². The van der Waals surface area contributed by atoms with E-state index in [1.807, 2.05) is 0 Å². The summed E-state index contributed by atoms with van der Waals surface area (Å²) in [7, 11) is 0. The summed E-state index contributed by atoms with van der Waals surface area (Å²) in [5.41, 5.74) is 0. The second-order valence-electron chi connectivity index (χ2n) is 0.871. The Hall–Kier alpha value is 0.369. The van der Waals surface area contributed by atoms with Crippen molar-refractivity contribution in [1.82, 2.24) is 4.33 Å². The Morgan fingerprint density at radius 2 is 2.83 bits per heavy atom. The fourth-order valence-electron chi connectivity index (χ4n) is 0.188. The molecule has 1 aliphatic rings. The van der Waals surface area contributed by atoms with Crippen molar-refractivity contribution in [2.75, 3.05) is 6.61 Å². The molecule has 2 nitrogen and oxygen atoms in total. The van der Waals surface area contributed by atoms with Crippen LogP contribution >= 0.6 is 12.2 Å². The van der Waals surface area contributed by atoms with Crippen LogP contribution in [0.5, 0.6) is 0 Å². The second-order valence-corrected chi connectivity index (χ2v) is 2.64. The van der Waals surface area contributed by atoms with Crippen molar-refractivity contribution < 1.29 is 3.82 Å². The SMILES string of the molecule is S=C1CO[Se]N1. The van der Waals surface area contributed by atoms with E-state index in [0.29, 0.717) is 6.61 Å². The topological polar surface area (TPSA) is 21.3 Å². The Morgan fingerprint density at radius 3 is 3.00 bits per heavy atom. The summed E-state index contributed by atoms with van der Waals surface area (Å²) >= 11 is 4.85. The van der Waals surface area contributed by atoms with E-state index in [9.17, 15) is 0 Å². The summed E-state index contributed by atoms with van der Waals surface area (Å²) in [6.45, 7) is 0.634. The van der Waals surface area contributed by atoms with Crippen molar-refractivity contribution in [3.8, 4) is 0 Å². The molecule has 4 heteroatoms. The molecule has 1 heterocycles. The molecule has 0 aliphatic carbocycles. The van der Waals surface area contributed by atoms with Gasteiger partial charge in [0.05, 0.1) is 0 Å². The molecule has 0 bridgehead atoms. The number of thiocarbonyl (C=S) groups is 1. The molecule has 0 atom stereocenters. The summed E-state index contributed by atoms with van der Waals surface area (Å²) in [5.74, 6) is 0. The molecule has 1 fully saturated rings. The molecule has 6 heavy (non-hydrogen) atoms. The standard InChI is InChI=1S/C2H3NOSSe/c5-2-1-4-6-3-2/h1H2,(H,3,5). The Morgan fingerprint density at radius 1 is 2.00 bits per heavy atom. The van der Waals surface area contributed by atoms with Crippen molar-refractivity contribution in [3.05, 3.63) is 0 Å². The molecule has 0 aromatic rings.